The number of rotatable bonds is 0. The maximum atomic E-state index is 3.57. The zero-order valence-corrected chi connectivity index (χ0v) is 15.7. The van der Waals surface area contributed by atoms with Crippen LogP contribution in [0.2, 0.25) is 0 Å². The van der Waals surface area contributed by atoms with Gasteiger partial charge in [0.05, 0.1) is 0 Å². The first-order valence-corrected chi connectivity index (χ1v) is 9.71. The van der Waals surface area contributed by atoms with Crippen LogP contribution in [0.5, 0.6) is 0 Å². The molecular weight excluding hydrogens is 330 g/mol. The third-order valence-electron chi connectivity index (χ3n) is 4.95. The van der Waals surface area contributed by atoms with Crippen LogP contribution < -0.4 is 16.0 Å². The summed E-state index contributed by atoms with van der Waals surface area (Å²) in [5.41, 5.74) is 7.97. The molecule has 1 heterocycles. The van der Waals surface area contributed by atoms with Gasteiger partial charge in [-0.05, 0) is 33.4 Å². The lowest BCUT2D eigenvalue weighted by Crippen LogP contribution is -2.17. The van der Waals surface area contributed by atoms with Crippen molar-refractivity contribution in [3.8, 4) is 0 Å². The molecule has 3 aromatic rings. The quantitative estimate of drug-likeness (QED) is 0.572. The summed E-state index contributed by atoms with van der Waals surface area (Å²) >= 11 is 0. The van der Waals surface area contributed by atoms with Gasteiger partial charge in [0.15, 0.2) is 0 Å². The summed E-state index contributed by atoms with van der Waals surface area (Å²) in [5.74, 6) is 0. The van der Waals surface area contributed by atoms with Gasteiger partial charge in [0.1, 0.15) is 0 Å². The Morgan fingerprint density at radius 2 is 0.593 bits per heavy atom. The standard InChI is InChI=1S/C24H27N3/c1-4-19-10-20(5-1)14-26-16-22-7-3-9-24(12-22)18-27-17-23-8-2-6-21(11-23)15-25-13-19/h1-12,25-27H,13-18H2. The van der Waals surface area contributed by atoms with Gasteiger partial charge in [0.2, 0.25) is 0 Å². The summed E-state index contributed by atoms with van der Waals surface area (Å²) in [6, 6.07) is 26.5. The highest BCUT2D eigenvalue weighted by Gasteiger charge is 2.02. The summed E-state index contributed by atoms with van der Waals surface area (Å²) in [7, 11) is 0. The first kappa shape index (κ1) is 17.9. The monoisotopic (exact) mass is 357 g/mol. The van der Waals surface area contributed by atoms with Gasteiger partial charge >= 0.3 is 0 Å². The predicted octanol–water partition coefficient (Wildman–Crippen LogP) is 3.87. The minimum absolute atomic E-state index is 0.887. The zero-order valence-electron chi connectivity index (χ0n) is 15.7. The normalized spacial score (nSPS) is 15.6. The van der Waals surface area contributed by atoms with Crippen LogP contribution in [0.15, 0.2) is 72.8 Å². The van der Waals surface area contributed by atoms with Crippen molar-refractivity contribution in [2.75, 3.05) is 0 Å². The number of nitrogens with one attached hydrogen (secondary N) is 3. The molecule has 6 bridgehead atoms. The van der Waals surface area contributed by atoms with E-state index in [0.29, 0.717) is 0 Å². The third-order valence-corrected chi connectivity index (χ3v) is 4.95. The maximum absolute atomic E-state index is 3.57. The first-order valence-electron chi connectivity index (χ1n) is 9.71. The van der Waals surface area contributed by atoms with Gasteiger partial charge < -0.3 is 16.0 Å². The van der Waals surface area contributed by atoms with E-state index in [9.17, 15) is 0 Å². The van der Waals surface area contributed by atoms with Crippen molar-refractivity contribution in [1.29, 1.82) is 0 Å². The maximum Gasteiger partial charge on any atom is 0.0208 e. The molecule has 0 saturated carbocycles. The summed E-state index contributed by atoms with van der Waals surface area (Å²) in [6.45, 7) is 5.32. The van der Waals surface area contributed by atoms with Crippen LogP contribution in [-0.2, 0) is 39.3 Å². The molecule has 3 aromatic carbocycles. The van der Waals surface area contributed by atoms with E-state index in [2.05, 4.69) is 88.7 Å². The first-order chi connectivity index (χ1) is 13.3. The highest BCUT2D eigenvalue weighted by Crippen LogP contribution is 2.10. The van der Waals surface area contributed by atoms with Crippen molar-refractivity contribution in [2.24, 2.45) is 0 Å². The Morgan fingerprint density at radius 3 is 0.815 bits per heavy atom. The van der Waals surface area contributed by atoms with Gasteiger partial charge in [-0.1, -0.05) is 72.8 Å². The predicted molar refractivity (Wildman–Crippen MR) is 111 cm³/mol. The molecule has 3 N–H and O–H groups in total. The lowest BCUT2D eigenvalue weighted by molar-refractivity contribution is 0.669. The minimum atomic E-state index is 0.887. The molecule has 0 amide bonds. The minimum Gasteiger partial charge on any atom is -0.309 e. The second kappa shape index (κ2) is 8.96. The largest absolute Gasteiger partial charge is 0.309 e. The van der Waals surface area contributed by atoms with Crippen LogP contribution in [0, 0.1) is 0 Å². The van der Waals surface area contributed by atoms with Crippen LogP contribution in [0.3, 0.4) is 0 Å². The average Bonchev–Trinajstić information content (AvgIpc) is 2.69. The summed E-state index contributed by atoms with van der Waals surface area (Å²) in [4.78, 5) is 0. The van der Waals surface area contributed by atoms with Crippen molar-refractivity contribution in [1.82, 2.24) is 16.0 Å². The Kier molecular flexibility index (Phi) is 5.95. The SMILES string of the molecule is c1cc2cc(c1)CNCc1cccc(c1)CNCc1cccc(c1)CNC2. The highest BCUT2D eigenvalue weighted by molar-refractivity contribution is 5.27. The van der Waals surface area contributed by atoms with E-state index in [4.69, 9.17) is 0 Å². The van der Waals surface area contributed by atoms with Crippen molar-refractivity contribution >= 4 is 0 Å². The van der Waals surface area contributed by atoms with Gasteiger partial charge in [-0.3, -0.25) is 0 Å². The van der Waals surface area contributed by atoms with E-state index in [0.717, 1.165) is 39.3 Å². The smallest absolute Gasteiger partial charge is 0.0208 e. The number of benzene rings is 3. The van der Waals surface area contributed by atoms with Gasteiger partial charge in [0.25, 0.3) is 0 Å². The van der Waals surface area contributed by atoms with Gasteiger partial charge in [-0.15, -0.1) is 0 Å². The van der Waals surface area contributed by atoms with Crippen LogP contribution in [0.4, 0.5) is 0 Å². The molecule has 0 fully saturated rings. The van der Waals surface area contributed by atoms with Crippen LogP contribution in [0.25, 0.3) is 0 Å². The van der Waals surface area contributed by atoms with Crippen molar-refractivity contribution in [3.63, 3.8) is 0 Å². The second-order valence-electron chi connectivity index (χ2n) is 7.27. The van der Waals surface area contributed by atoms with E-state index in [-0.39, 0.29) is 0 Å². The lowest BCUT2D eigenvalue weighted by Gasteiger charge is -2.12. The molecule has 1 aliphatic rings. The van der Waals surface area contributed by atoms with Gasteiger partial charge in [-0.25, -0.2) is 0 Å². The highest BCUT2D eigenvalue weighted by atomic mass is 14.9. The van der Waals surface area contributed by atoms with E-state index in [1.54, 1.807) is 0 Å². The molecule has 0 saturated heterocycles. The second-order valence-corrected chi connectivity index (χ2v) is 7.27. The van der Waals surface area contributed by atoms with Gasteiger partial charge in [0, 0.05) is 39.3 Å². The van der Waals surface area contributed by atoms with Crippen molar-refractivity contribution in [3.05, 3.63) is 106 Å². The molecule has 0 radical (unpaired) electrons. The summed E-state index contributed by atoms with van der Waals surface area (Å²) in [6.07, 6.45) is 0. The van der Waals surface area contributed by atoms with Crippen LogP contribution in [-0.4, -0.2) is 0 Å². The molecule has 27 heavy (non-hydrogen) atoms. The Bertz CT molecular complexity index is 713. The molecule has 0 unspecified atom stereocenters. The Balaban J connectivity index is 1.54. The fraction of sp³-hybridized carbons (Fsp3) is 0.250. The third kappa shape index (κ3) is 5.27. The number of hydrogen-bond acceptors (Lipinski definition) is 3. The van der Waals surface area contributed by atoms with E-state index < -0.39 is 0 Å². The van der Waals surface area contributed by atoms with Crippen LogP contribution >= 0.6 is 0 Å². The fourth-order valence-electron chi connectivity index (χ4n) is 3.60. The molecule has 0 atom stereocenters. The van der Waals surface area contributed by atoms with Gasteiger partial charge in [-0.2, -0.15) is 0 Å². The lowest BCUT2D eigenvalue weighted by atomic mass is 10.1. The zero-order chi connectivity index (χ0) is 18.3. The number of fused-ring (bicyclic) bond motifs is 6. The van der Waals surface area contributed by atoms with E-state index >= 15 is 0 Å². The molecule has 0 aliphatic carbocycles. The Labute approximate surface area is 161 Å². The molecule has 3 heteroatoms. The Morgan fingerprint density at radius 1 is 0.370 bits per heavy atom. The molecule has 1 aliphatic heterocycles. The van der Waals surface area contributed by atoms with Crippen molar-refractivity contribution < 1.29 is 0 Å². The molecule has 4 rings (SSSR count). The average molecular weight is 358 g/mol. The molecule has 3 nitrogen and oxygen atoms in total. The molecular formula is C24H27N3. The summed E-state index contributed by atoms with van der Waals surface area (Å²) < 4.78 is 0. The molecule has 138 valence electrons. The molecule has 0 spiro atoms. The summed E-state index contributed by atoms with van der Waals surface area (Å²) in [5, 5.41) is 10.7. The molecule has 0 aromatic heterocycles. The fourth-order valence-corrected chi connectivity index (χ4v) is 3.60. The topological polar surface area (TPSA) is 36.1 Å². The van der Waals surface area contributed by atoms with Crippen molar-refractivity contribution in [2.45, 2.75) is 39.3 Å². The Hall–Kier alpha value is -2.46. The van der Waals surface area contributed by atoms with E-state index in [1.807, 2.05) is 0 Å². The van der Waals surface area contributed by atoms with Crippen LogP contribution in [0.1, 0.15) is 33.4 Å². The number of hydrogen-bond donors (Lipinski definition) is 3. The van der Waals surface area contributed by atoms with E-state index in [1.165, 1.54) is 33.4 Å².